The summed E-state index contributed by atoms with van der Waals surface area (Å²) in [5.41, 5.74) is 4.53. The van der Waals surface area contributed by atoms with Crippen molar-refractivity contribution in [2.24, 2.45) is 5.41 Å². The number of hydrogen-bond acceptors (Lipinski definition) is 4. The Kier molecular flexibility index (Phi) is 5.68. The minimum atomic E-state index is -1.27. The molecule has 31 heavy (non-hydrogen) atoms. The number of aryl methyl sites for hydroxylation is 1. The van der Waals surface area contributed by atoms with Gasteiger partial charge in [-0.2, -0.15) is 0 Å². The third-order valence-electron chi connectivity index (χ3n) is 6.33. The predicted octanol–water partition coefficient (Wildman–Crippen LogP) is 5.23. The number of fused-ring (bicyclic) bond motifs is 1. The Hall–Kier alpha value is -3.34. The first-order valence-electron chi connectivity index (χ1n) is 10.6. The average Bonchev–Trinajstić information content (AvgIpc) is 3.17. The number of carbonyl (C=O) groups is 2. The average molecular weight is 418 g/mol. The normalized spacial score (nSPS) is 15.4. The van der Waals surface area contributed by atoms with Crippen molar-refractivity contribution in [3.05, 3.63) is 66.2 Å². The van der Waals surface area contributed by atoms with Gasteiger partial charge in [-0.05, 0) is 43.4 Å². The molecular formula is C26H27NO4. The van der Waals surface area contributed by atoms with E-state index < -0.39 is 17.4 Å². The molecule has 0 spiro atoms. The van der Waals surface area contributed by atoms with E-state index in [0.717, 1.165) is 17.7 Å². The summed E-state index contributed by atoms with van der Waals surface area (Å²) < 4.78 is 12.3. The largest absolute Gasteiger partial charge is 0.468 e. The summed E-state index contributed by atoms with van der Waals surface area (Å²) in [6, 6.07) is 18.8. The number of benzene rings is 2. The Bertz CT molecular complexity index is 1140. The maximum absolute atomic E-state index is 12.5. The SMILES string of the molecule is CCn1c(-c2ccccc2)c(C2=CCC(C(=O)OC)(C(=O)OC)CC2)c2ccccc21. The van der Waals surface area contributed by atoms with Crippen LogP contribution in [-0.4, -0.2) is 30.7 Å². The van der Waals surface area contributed by atoms with Crippen molar-refractivity contribution in [1.82, 2.24) is 4.57 Å². The quantitative estimate of drug-likeness (QED) is 0.421. The highest BCUT2D eigenvalue weighted by Crippen LogP contribution is 2.46. The number of para-hydroxylation sites is 1. The van der Waals surface area contributed by atoms with E-state index in [9.17, 15) is 9.59 Å². The number of methoxy groups -OCH3 is 2. The summed E-state index contributed by atoms with van der Waals surface area (Å²) in [6.07, 6.45) is 3.23. The van der Waals surface area contributed by atoms with E-state index in [1.165, 1.54) is 36.4 Å². The van der Waals surface area contributed by atoms with Crippen LogP contribution < -0.4 is 0 Å². The third-order valence-corrected chi connectivity index (χ3v) is 6.33. The number of allylic oxidation sites excluding steroid dienone is 2. The van der Waals surface area contributed by atoms with Crippen molar-refractivity contribution < 1.29 is 19.1 Å². The number of carbonyl (C=O) groups excluding carboxylic acids is 2. The molecule has 0 radical (unpaired) electrons. The van der Waals surface area contributed by atoms with Crippen molar-refractivity contribution in [3.63, 3.8) is 0 Å². The van der Waals surface area contributed by atoms with Crippen LogP contribution in [0.15, 0.2) is 60.7 Å². The number of rotatable bonds is 5. The zero-order chi connectivity index (χ0) is 22.0. The van der Waals surface area contributed by atoms with E-state index in [1.54, 1.807) is 0 Å². The number of esters is 2. The molecule has 4 rings (SSSR count). The van der Waals surface area contributed by atoms with Crippen LogP contribution in [0.3, 0.4) is 0 Å². The van der Waals surface area contributed by atoms with Gasteiger partial charge in [-0.3, -0.25) is 9.59 Å². The molecule has 0 aliphatic heterocycles. The maximum Gasteiger partial charge on any atom is 0.323 e. The molecule has 0 saturated carbocycles. The summed E-state index contributed by atoms with van der Waals surface area (Å²) in [7, 11) is 2.63. The Labute approximate surface area is 182 Å². The monoisotopic (exact) mass is 417 g/mol. The van der Waals surface area contributed by atoms with E-state index in [0.29, 0.717) is 12.8 Å². The van der Waals surface area contributed by atoms with Gasteiger partial charge in [-0.1, -0.05) is 54.6 Å². The molecule has 5 nitrogen and oxygen atoms in total. The molecule has 0 atom stereocenters. The van der Waals surface area contributed by atoms with Crippen LogP contribution in [-0.2, 0) is 25.6 Å². The molecule has 0 bridgehead atoms. The molecule has 0 fully saturated rings. The molecule has 1 aliphatic carbocycles. The molecular weight excluding hydrogens is 390 g/mol. The Morgan fingerprint density at radius 1 is 0.968 bits per heavy atom. The second-order valence-electron chi connectivity index (χ2n) is 7.85. The van der Waals surface area contributed by atoms with Crippen molar-refractivity contribution in [1.29, 1.82) is 0 Å². The standard InChI is InChI=1S/C26H27NO4/c1-4-27-21-13-9-8-12-20(21)22(23(27)19-10-6-5-7-11-19)18-14-16-26(17-15-18,24(28)30-2)25(29)31-3/h5-14H,4,15-17H2,1-3H3. The number of nitrogens with zero attached hydrogens (tertiary/aromatic N) is 1. The van der Waals surface area contributed by atoms with E-state index in [1.807, 2.05) is 24.3 Å². The van der Waals surface area contributed by atoms with Gasteiger partial charge in [0.1, 0.15) is 0 Å². The molecule has 0 amide bonds. The molecule has 5 heteroatoms. The minimum Gasteiger partial charge on any atom is -0.468 e. The van der Waals surface area contributed by atoms with Crippen molar-refractivity contribution in [2.45, 2.75) is 32.7 Å². The molecule has 0 N–H and O–H groups in total. The lowest BCUT2D eigenvalue weighted by molar-refractivity contribution is -0.169. The van der Waals surface area contributed by atoms with Gasteiger partial charge in [0, 0.05) is 23.0 Å². The van der Waals surface area contributed by atoms with Crippen LogP contribution in [0.25, 0.3) is 27.7 Å². The first kappa shape index (κ1) is 20.9. The van der Waals surface area contributed by atoms with Crippen LogP contribution in [0.1, 0.15) is 31.7 Å². The van der Waals surface area contributed by atoms with Gasteiger partial charge in [-0.15, -0.1) is 0 Å². The van der Waals surface area contributed by atoms with Gasteiger partial charge in [0.25, 0.3) is 0 Å². The number of ether oxygens (including phenoxy) is 2. The van der Waals surface area contributed by atoms with E-state index in [4.69, 9.17) is 9.47 Å². The molecule has 1 aliphatic rings. The summed E-state index contributed by atoms with van der Waals surface area (Å²) >= 11 is 0. The van der Waals surface area contributed by atoms with E-state index in [2.05, 4.69) is 47.9 Å². The van der Waals surface area contributed by atoms with Crippen molar-refractivity contribution in [3.8, 4) is 11.3 Å². The molecule has 0 unspecified atom stereocenters. The maximum atomic E-state index is 12.5. The molecule has 1 heterocycles. The lowest BCUT2D eigenvalue weighted by Crippen LogP contribution is -2.42. The van der Waals surface area contributed by atoms with Gasteiger partial charge in [0.05, 0.1) is 19.9 Å². The lowest BCUT2D eigenvalue weighted by Gasteiger charge is -2.31. The summed E-state index contributed by atoms with van der Waals surface area (Å²) in [6.45, 7) is 2.99. The molecule has 3 aromatic rings. The minimum absolute atomic E-state index is 0.265. The Balaban J connectivity index is 1.90. The fourth-order valence-corrected chi connectivity index (χ4v) is 4.77. The van der Waals surface area contributed by atoms with Crippen LogP contribution in [0.5, 0.6) is 0 Å². The summed E-state index contributed by atoms with van der Waals surface area (Å²) in [5, 5.41) is 1.18. The first-order valence-corrected chi connectivity index (χ1v) is 10.6. The smallest absolute Gasteiger partial charge is 0.323 e. The van der Waals surface area contributed by atoms with Crippen LogP contribution >= 0.6 is 0 Å². The van der Waals surface area contributed by atoms with Crippen LogP contribution in [0.4, 0.5) is 0 Å². The van der Waals surface area contributed by atoms with Gasteiger partial charge < -0.3 is 14.0 Å². The summed E-state index contributed by atoms with van der Waals surface area (Å²) in [5.74, 6) is -1.07. The highest BCUT2D eigenvalue weighted by atomic mass is 16.5. The van der Waals surface area contributed by atoms with Crippen molar-refractivity contribution >= 4 is 28.4 Å². The fraction of sp³-hybridized carbons (Fsp3) is 0.308. The topological polar surface area (TPSA) is 57.5 Å². The zero-order valence-corrected chi connectivity index (χ0v) is 18.2. The Morgan fingerprint density at radius 3 is 2.19 bits per heavy atom. The van der Waals surface area contributed by atoms with Crippen LogP contribution in [0, 0.1) is 5.41 Å². The Morgan fingerprint density at radius 2 is 1.61 bits per heavy atom. The predicted molar refractivity (Wildman–Crippen MR) is 121 cm³/mol. The molecule has 160 valence electrons. The number of hydrogen-bond donors (Lipinski definition) is 0. The van der Waals surface area contributed by atoms with Gasteiger partial charge >= 0.3 is 11.9 Å². The zero-order valence-electron chi connectivity index (χ0n) is 18.2. The second-order valence-corrected chi connectivity index (χ2v) is 7.85. The third kappa shape index (κ3) is 3.34. The van der Waals surface area contributed by atoms with Gasteiger partial charge in [0.15, 0.2) is 5.41 Å². The fourth-order valence-electron chi connectivity index (χ4n) is 4.77. The highest BCUT2D eigenvalue weighted by Gasteiger charge is 2.49. The molecule has 1 aromatic heterocycles. The lowest BCUT2D eigenvalue weighted by atomic mass is 9.73. The summed E-state index contributed by atoms with van der Waals surface area (Å²) in [4.78, 5) is 25.1. The van der Waals surface area contributed by atoms with Gasteiger partial charge in [0.2, 0.25) is 0 Å². The molecule has 2 aromatic carbocycles. The van der Waals surface area contributed by atoms with E-state index in [-0.39, 0.29) is 6.42 Å². The first-order chi connectivity index (χ1) is 15.1. The highest BCUT2D eigenvalue weighted by molar-refractivity contribution is 6.04. The van der Waals surface area contributed by atoms with E-state index >= 15 is 0 Å². The van der Waals surface area contributed by atoms with Crippen molar-refractivity contribution in [2.75, 3.05) is 14.2 Å². The van der Waals surface area contributed by atoms with Crippen LogP contribution in [0.2, 0.25) is 0 Å². The second kappa shape index (κ2) is 8.42. The number of aromatic nitrogens is 1. The molecule has 0 saturated heterocycles. The van der Waals surface area contributed by atoms with Gasteiger partial charge in [-0.25, -0.2) is 0 Å².